The highest BCUT2D eigenvalue weighted by Gasteiger charge is 2.15. The molecular weight excluding hydrogens is 374 g/mol. The minimum Gasteiger partial charge on any atom is -0.321 e. The van der Waals surface area contributed by atoms with E-state index in [1.807, 2.05) is 63.2 Å². The second-order valence-corrected chi connectivity index (χ2v) is 7.57. The first-order valence-corrected chi connectivity index (χ1v) is 9.86. The molecule has 0 spiro atoms. The summed E-state index contributed by atoms with van der Waals surface area (Å²) in [4.78, 5) is 30.5. The van der Waals surface area contributed by atoms with Crippen molar-refractivity contribution in [3.63, 3.8) is 0 Å². The predicted octanol–water partition coefficient (Wildman–Crippen LogP) is 4.62. The van der Waals surface area contributed by atoms with E-state index in [0.29, 0.717) is 12.2 Å². The molecule has 5 nitrogen and oxygen atoms in total. The number of carbonyl (C=O) groups is 1. The van der Waals surface area contributed by atoms with E-state index in [9.17, 15) is 9.59 Å². The SMILES string of the molecule is Cc1ccc(C)c(Cn2cccc(C(=O)Nc3cc(C)nc4ccccc34)c2=O)c1. The summed E-state index contributed by atoms with van der Waals surface area (Å²) in [6.45, 7) is 6.34. The Morgan fingerprint density at radius 3 is 2.63 bits per heavy atom. The molecule has 4 rings (SSSR count). The molecule has 0 aliphatic carbocycles. The Labute approximate surface area is 175 Å². The van der Waals surface area contributed by atoms with Crippen molar-refractivity contribution in [2.75, 3.05) is 5.32 Å². The third-order valence-electron chi connectivity index (χ3n) is 5.20. The maximum atomic E-state index is 13.0. The van der Waals surface area contributed by atoms with Crippen LogP contribution in [0.25, 0.3) is 10.9 Å². The molecule has 2 heterocycles. The lowest BCUT2D eigenvalue weighted by Crippen LogP contribution is -2.29. The number of fused-ring (bicyclic) bond motifs is 1. The van der Waals surface area contributed by atoms with Crippen LogP contribution in [0, 0.1) is 20.8 Å². The summed E-state index contributed by atoms with van der Waals surface area (Å²) in [6, 6.07) is 18.9. The molecule has 2 aromatic heterocycles. The quantitative estimate of drug-likeness (QED) is 0.546. The Morgan fingerprint density at radius 2 is 1.80 bits per heavy atom. The number of aryl methyl sites for hydroxylation is 3. The second kappa shape index (κ2) is 7.95. The Balaban J connectivity index is 1.67. The molecule has 0 aliphatic rings. The number of carbonyl (C=O) groups excluding carboxylic acids is 1. The summed E-state index contributed by atoms with van der Waals surface area (Å²) in [6.07, 6.45) is 1.72. The summed E-state index contributed by atoms with van der Waals surface area (Å²) in [5.74, 6) is -0.425. The zero-order chi connectivity index (χ0) is 21.3. The standard InChI is InChI=1S/C25H23N3O2/c1-16-10-11-17(2)19(13-16)15-28-12-6-8-21(25(28)30)24(29)27-23-14-18(3)26-22-9-5-4-7-20(22)23/h4-14H,15H2,1-3H3,(H,26,27,29). The van der Waals surface area contributed by atoms with E-state index in [4.69, 9.17) is 0 Å². The van der Waals surface area contributed by atoms with Crippen molar-refractivity contribution < 1.29 is 4.79 Å². The van der Waals surface area contributed by atoms with Gasteiger partial charge in [0.25, 0.3) is 11.5 Å². The fraction of sp³-hybridized carbons (Fsp3) is 0.160. The number of hydrogen-bond acceptors (Lipinski definition) is 3. The van der Waals surface area contributed by atoms with Gasteiger partial charge in [0.15, 0.2) is 0 Å². The highest BCUT2D eigenvalue weighted by Crippen LogP contribution is 2.23. The smallest absolute Gasteiger partial charge is 0.263 e. The van der Waals surface area contributed by atoms with E-state index < -0.39 is 5.91 Å². The normalized spacial score (nSPS) is 10.9. The van der Waals surface area contributed by atoms with E-state index in [-0.39, 0.29) is 11.1 Å². The van der Waals surface area contributed by atoms with Gasteiger partial charge in [-0.2, -0.15) is 0 Å². The van der Waals surface area contributed by atoms with Gasteiger partial charge in [-0.1, -0.05) is 42.0 Å². The molecule has 0 saturated carbocycles. The molecule has 5 heteroatoms. The summed E-state index contributed by atoms with van der Waals surface area (Å²) in [7, 11) is 0. The van der Waals surface area contributed by atoms with Crippen LogP contribution in [0.1, 0.15) is 32.7 Å². The zero-order valence-electron chi connectivity index (χ0n) is 17.3. The Morgan fingerprint density at radius 1 is 1.00 bits per heavy atom. The molecule has 1 amide bonds. The molecule has 0 atom stereocenters. The number of benzene rings is 2. The van der Waals surface area contributed by atoms with Gasteiger partial charge in [-0.3, -0.25) is 14.6 Å². The summed E-state index contributed by atoms with van der Waals surface area (Å²) >= 11 is 0. The number of pyridine rings is 2. The van der Waals surface area contributed by atoms with Gasteiger partial charge >= 0.3 is 0 Å². The molecule has 0 aliphatic heterocycles. The topological polar surface area (TPSA) is 64.0 Å². The minimum absolute atomic E-state index is 0.112. The van der Waals surface area contributed by atoms with Crippen LogP contribution >= 0.6 is 0 Å². The lowest BCUT2D eigenvalue weighted by molar-refractivity contribution is 0.102. The van der Waals surface area contributed by atoms with E-state index in [1.54, 1.807) is 22.9 Å². The van der Waals surface area contributed by atoms with Crippen LogP contribution in [0.4, 0.5) is 5.69 Å². The third-order valence-corrected chi connectivity index (χ3v) is 5.20. The highest BCUT2D eigenvalue weighted by molar-refractivity contribution is 6.08. The minimum atomic E-state index is -0.425. The second-order valence-electron chi connectivity index (χ2n) is 7.57. The highest BCUT2D eigenvalue weighted by atomic mass is 16.2. The van der Waals surface area contributed by atoms with Gasteiger partial charge in [0, 0.05) is 17.3 Å². The van der Waals surface area contributed by atoms with Gasteiger partial charge in [-0.15, -0.1) is 0 Å². The van der Waals surface area contributed by atoms with Crippen LogP contribution in [0.2, 0.25) is 0 Å². The molecule has 30 heavy (non-hydrogen) atoms. The molecule has 1 N–H and O–H groups in total. The Bertz CT molecular complexity index is 1320. The number of hydrogen-bond donors (Lipinski definition) is 1. The molecule has 2 aromatic carbocycles. The van der Waals surface area contributed by atoms with Gasteiger partial charge in [0.05, 0.1) is 17.7 Å². The van der Waals surface area contributed by atoms with Crippen LogP contribution in [-0.4, -0.2) is 15.5 Å². The largest absolute Gasteiger partial charge is 0.321 e. The summed E-state index contributed by atoms with van der Waals surface area (Å²) in [5, 5.41) is 3.74. The Kier molecular flexibility index (Phi) is 5.19. The first-order chi connectivity index (χ1) is 14.4. The molecule has 0 radical (unpaired) electrons. The van der Waals surface area contributed by atoms with Crippen LogP contribution < -0.4 is 10.9 Å². The van der Waals surface area contributed by atoms with E-state index in [1.165, 1.54) is 0 Å². The van der Waals surface area contributed by atoms with Gasteiger partial charge in [-0.05, 0) is 56.2 Å². The average molecular weight is 397 g/mol. The molecule has 0 saturated heterocycles. The molecule has 0 unspecified atom stereocenters. The average Bonchev–Trinajstić information content (AvgIpc) is 2.72. The van der Waals surface area contributed by atoms with E-state index >= 15 is 0 Å². The Hall–Kier alpha value is -3.73. The van der Waals surface area contributed by atoms with Gasteiger partial charge in [0.2, 0.25) is 0 Å². The lowest BCUT2D eigenvalue weighted by Gasteiger charge is -2.12. The molecule has 0 bridgehead atoms. The fourth-order valence-electron chi connectivity index (χ4n) is 3.59. The molecular formula is C25H23N3O2. The number of rotatable bonds is 4. The van der Waals surface area contributed by atoms with Crippen molar-refractivity contribution >= 4 is 22.5 Å². The summed E-state index contributed by atoms with van der Waals surface area (Å²) < 4.78 is 1.58. The third kappa shape index (κ3) is 3.87. The zero-order valence-corrected chi connectivity index (χ0v) is 17.3. The first kappa shape index (κ1) is 19.6. The van der Waals surface area contributed by atoms with Crippen molar-refractivity contribution in [3.8, 4) is 0 Å². The van der Waals surface area contributed by atoms with Crippen LogP contribution in [-0.2, 0) is 6.54 Å². The van der Waals surface area contributed by atoms with Gasteiger partial charge in [-0.25, -0.2) is 0 Å². The monoisotopic (exact) mass is 397 g/mol. The maximum absolute atomic E-state index is 13.0. The number of aromatic nitrogens is 2. The number of nitrogens with one attached hydrogen (secondary N) is 1. The van der Waals surface area contributed by atoms with Crippen molar-refractivity contribution in [1.29, 1.82) is 0 Å². The molecule has 4 aromatic rings. The van der Waals surface area contributed by atoms with Gasteiger partial charge < -0.3 is 9.88 Å². The predicted molar refractivity (Wildman–Crippen MR) is 120 cm³/mol. The fourth-order valence-corrected chi connectivity index (χ4v) is 3.59. The number of amides is 1. The molecule has 0 fully saturated rings. The maximum Gasteiger partial charge on any atom is 0.263 e. The lowest BCUT2D eigenvalue weighted by atomic mass is 10.1. The number of nitrogens with zero attached hydrogens (tertiary/aromatic N) is 2. The van der Waals surface area contributed by atoms with Crippen molar-refractivity contribution in [3.05, 3.63) is 105 Å². The van der Waals surface area contributed by atoms with E-state index in [0.717, 1.165) is 33.3 Å². The van der Waals surface area contributed by atoms with Crippen molar-refractivity contribution in [2.45, 2.75) is 27.3 Å². The van der Waals surface area contributed by atoms with Crippen LogP contribution in [0.3, 0.4) is 0 Å². The van der Waals surface area contributed by atoms with Crippen LogP contribution in [0.15, 0.2) is 71.7 Å². The summed E-state index contributed by atoms with van der Waals surface area (Å²) in [5.41, 5.74) is 5.35. The van der Waals surface area contributed by atoms with Crippen LogP contribution in [0.5, 0.6) is 0 Å². The number of anilines is 1. The number of para-hydroxylation sites is 1. The molecule has 150 valence electrons. The first-order valence-electron chi connectivity index (χ1n) is 9.86. The van der Waals surface area contributed by atoms with Gasteiger partial charge in [0.1, 0.15) is 5.56 Å². The van der Waals surface area contributed by atoms with E-state index in [2.05, 4.69) is 16.4 Å². The van der Waals surface area contributed by atoms with Crippen molar-refractivity contribution in [2.24, 2.45) is 0 Å². The van der Waals surface area contributed by atoms with Crippen molar-refractivity contribution in [1.82, 2.24) is 9.55 Å².